The zero-order valence-electron chi connectivity index (χ0n) is 22.8. The summed E-state index contributed by atoms with van der Waals surface area (Å²) in [6.45, 7) is 4.73. The quantitative estimate of drug-likeness (QED) is 0.101. The molecule has 18 nitrogen and oxygen atoms in total. The van der Waals surface area contributed by atoms with Gasteiger partial charge in [0, 0.05) is 18.2 Å². The number of ether oxygens (including phenoxy) is 1. The molecule has 2 aliphatic rings. The Morgan fingerprint density at radius 3 is 2.62 bits per heavy atom. The predicted octanol–water partition coefficient (Wildman–Crippen LogP) is -0.421. The van der Waals surface area contributed by atoms with Crippen LogP contribution in [0.5, 0.6) is 0 Å². The maximum atomic E-state index is 13.3. The van der Waals surface area contributed by atoms with Crippen LogP contribution in [0.15, 0.2) is 16.7 Å². The van der Waals surface area contributed by atoms with Crippen LogP contribution in [0.2, 0.25) is 0 Å². The molecule has 2 atom stereocenters. The van der Waals surface area contributed by atoms with E-state index in [2.05, 4.69) is 40.5 Å². The molecular formula is C22H28N8O10S2. The molecule has 3 heterocycles. The van der Waals surface area contributed by atoms with Crippen LogP contribution in [-0.2, 0) is 51.4 Å². The Morgan fingerprint density at radius 1 is 1.31 bits per heavy atom. The lowest BCUT2D eigenvalue weighted by molar-refractivity contribution is -0.153. The maximum Gasteiger partial charge on any atom is 0.413 e. The normalized spacial score (nSPS) is 19.7. The molecule has 0 radical (unpaired) electrons. The lowest BCUT2D eigenvalue weighted by Crippen LogP contribution is -2.70. The zero-order chi connectivity index (χ0) is 30.9. The van der Waals surface area contributed by atoms with Gasteiger partial charge >= 0.3 is 12.1 Å². The van der Waals surface area contributed by atoms with Gasteiger partial charge < -0.3 is 25.3 Å². The molecule has 228 valence electrons. The fourth-order valence-electron chi connectivity index (χ4n) is 3.43. The molecule has 2 aromatic rings. The number of carboxylic acid groups (broad SMARTS) is 1. The Morgan fingerprint density at radius 2 is 2.02 bits per heavy atom. The third-order valence-electron chi connectivity index (χ3n) is 5.64. The number of carboxylic acids is 1. The van der Waals surface area contributed by atoms with Crippen molar-refractivity contribution in [3.05, 3.63) is 23.0 Å². The molecule has 1 saturated heterocycles. The summed E-state index contributed by atoms with van der Waals surface area (Å²) >= 11 is 0.951. The highest BCUT2D eigenvalue weighted by Crippen LogP contribution is 2.40. The number of anilines is 1. The number of hydrogen-bond donors (Lipinski definition) is 4. The van der Waals surface area contributed by atoms with Crippen molar-refractivity contribution in [2.24, 2.45) is 5.16 Å². The summed E-state index contributed by atoms with van der Waals surface area (Å²) in [4.78, 5) is 59.9. The average Bonchev–Trinajstić information content (AvgIpc) is 3.30. The molecule has 4 N–H and O–H groups in total. The fraction of sp³-hybridized carbons (Fsp3) is 0.545. The summed E-state index contributed by atoms with van der Waals surface area (Å²) < 4.78 is 32.2. The Kier molecular flexibility index (Phi) is 8.51. The number of rotatable bonds is 12. The van der Waals surface area contributed by atoms with E-state index in [0.29, 0.717) is 0 Å². The molecule has 3 amide bonds. The van der Waals surface area contributed by atoms with Gasteiger partial charge in [-0.3, -0.25) is 19.1 Å². The van der Waals surface area contributed by atoms with Crippen LogP contribution >= 0.6 is 11.3 Å². The summed E-state index contributed by atoms with van der Waals surface area (Å²) in [5.74, 6) is -2.66. The van der Waals surface area contributed by atoms with Crippen LogP contribution in [0.1, 0.15) is 45.0 Å². The summed E-state index contributed by atoms with van der Waals surface area (Å²) in [6, 6.07) is -1.72. The molecule has 20 heteroatoms. The number of carbonyl (C=O) groups is 4. The van der Waals surface area contributed by atoms with Crippen LogP contribution < -0.4 is 16.0 Å². The van der Waals surface area contributed by atoms with E-state index in [1.54, 1.807) is 20.8 Å². The van der Waals surface area contributed by atoms with Crippen molar-refractivity contribution in [1.29, 1.82) is 0 Å². The van der Waals surface area contributed by atoms with Gasteiger partial charge in [-0.1, -0.05) is 5.16 Å². The van der Waals surface area contributed by atoms with Crippen molar-refractivity contribution in [3.8, 4) is 0 Å². The molecule has 42 heavy (non-hydrogen) atoms. The van der Waals surface area contributed by atoms with Crippen LogP contribution in [0, 0.1) is 0 Å². The SMILES string of the molecule is CC(C)(C)OC(=O)Nc1nc(C(=NOC2(C(=O)O)CC2)C(=O)N[C@@H]2C(=O)N[C@H]2Cn2ncc(COS(C)(=O)=O)n2)cs1. The van der Waals surface area contributed by atoms with E-state index in [1.165, 1.54) is 16.4 Å². The van der Waals surface area contributed by atoms with Crippen LogP contribution in [0.25, 0.3) is 0 Å². The minimum absolute atomic E-state index is 0.0152. The first-order chi connectivity index (χ1) is 19.5. The highest BCUT2D eigenvalue weighted by atomic mass is 32.2. The van der Waals surface area contributed by atoms with Crippen molar-refractivity contribution in [1.82, 2.24) is 30.6 Å². The molecule has 4 rings (SSSR count). The molecule has 0 unspecified atom stereocenters. The largest absolute Gasteiger partial charge is 0.478 e. The number of nitrogens with zero attached hydrogens (tertiary/aromatic N) is 5. The lowest BCUT2D eigenvalue weighted by atomic mass is 9.98. The van der Waals surface area contributed by atoms with Crippen LogP contribution in [0.4, 0.5) is 9.93 Å². The van der Waals surface area contributed by atoms with E-state index in [-0.39, 0.29) is 42.5 Å². The van der Waals surface area contributed by atoms with Crippen molar-refractivity contribution < 1.29 is 46.5 Å². The first-order valence-electron chi connectivity index (χ1n) is 12.3. The molecule has 0 aromatic carbocycles. The third kappa shape index (κ3) is 7.97. The van der Waals surface area contributed by atoms with Gasteiger partial charge in [0.05, 0.1) is 25.0 Å². The number of oxime groups is 1. The van der Waals surface area contributed by atoms with Gasteiger partial charge in [-0.15, -0.1) is 11.3 Å². The number of aromatic nitrogens is 4. The van der Waals surface area contributed by atoms with E-state index in [4.69, 9.17) is 9.57 Å². The number of amides is 3. The second kappa shape index (κ2) is 11.6. The minimum atomic E-state index is -3.68. The van der Waals surface area contributed by atoms with E-state index in [0.717, 1.165) is 17.6 Å². The van der Waals surface area contributed by atoms with Gasteiger partial charge in [-0.05, 0) is 20.8 Å². The van der Waals surface area contributed by atoms with Crippen LogP contribution in [-0.4, -0.2) is 92.6 Å². The summed E-state index contributed by atoms with van der Waals surface area (Å²) in [7, 11) is -3.68. The number of thiazole rings is 1. The second-order valence-electron chi connectivity index (χ2n) is 10.4. The van der Waals surface area contributed by atoms with E-state index in [1.807, 2.05) is 0 Å². The highest BCUT2D eigenvalue weighted by Gasteiger charge is 2.55. The van der Waals surface area contributed by atoms with Crippen molar-refractivity contribution >= 4 is 56.2 Å². The van der Waals surface area contributed by atoms with Gasteiger partial charge in [0.2, 0.25) is 11.5 Å². The lowest BCUT2D eigenvalue weighted by Gasteiger charge is -2.36. The number of aliphatic carboxylic acids is 1. The Balaban J connectivity index is 1.46. The predicted molar refractivity (Wildman–Crippen MR) is 143 cm³/mol. The maximum absolute atomic E-state index is 13.3. The van der Waals surface area contributed by atoms with Gasteiger partial charge in [-0.2, -0.15) is 23.4 Å². The summed E-state index contributed by atoms with van der Waals surface area (Å²) in [5, 5.41) is 30.3. The molecule has 1 aliphatic heterocycles. The minimum Gasteiger partial charge on any atom is -0.478 e. The van der Waals surface area contributed by atoms with Crippen LogP contribution in [0.3, 0.4) is 0 Å². The molecule has 2 aromatic heterocycles. The van der Waals surface area contributed by atoms with Crippen molar-refractivity contribution in [2.45, 2.75) is 70.1 Å². The molecule has 1 aliphatic carbocycles. The summed E-state index contributed by atoms with van der Waals surface area (Å²) in [6.07, 6.45) is 1.78. The van der Waals surface area contributed by atoms with E-state index < -0.39 is 63.0 Å². The molecule has 1 saturated carbocycles. The average molecular weight is 629 g/mol. The second-order valence-corrected chi connectivity index (χ2v) is 12.9. The summed E-state index contributed by atoms with van der Waals surface area (Å²) in [5.41, 5.74) is -2.58. The number of carbonyl (C=O) groups excluding carboxylic acids is 3. The zero-order valence-corrected chi connectivity index (χ0v) is 24.4. The molecule has 0 bridgehead atoms. The smallest absolute Gasteiger partial charge is 0.413 e. The van der Waals surface area contributed by atoms with E-state index >= 15 is 0 Å². The number of β-lactam (4-membered cyclic amide) rings is 1. The van der Waals surface area contributed by atoms with Gasteiger partial charge in [0.25, 0.3) is 16.0 Å². The Labute approximate surface area is 242 Å². The molecule has 2 fully saturated rings. The number of nitrogens with one attached hydrogen (secondary N) is 3. The first-order valence-corrected chi connectivity index (χ1v) is 15.0. The van der Waals surface area contributed by atoms with Crippen molar-refractivity contribution in [3.63, 3.8) is 0 Å². The fourth-order valence-corrected chi connectivity index (χ4v) is 4.44. The first kappa shape index (κ1) is 30.8. The highest BCUT2D eigenvalue weighted by molar-refractivity contribution is 7.85. The molecular weight excluding hydrogens is 600 g/mol. The monoisotopic (exact) mass is 628 g/mol. The van der Waals surface area contributed by atoms with Gasteiger partial charge in [-0.25, -0.2) is 14.6 Å². The Bertz CT molecular complexity index is 1520. The van der Waals surface area contributed by atoms with E-state index in [9.17, 15) is 32.7 Å². The third-order valence-corrected chi connectivity index (χ3v) is 6.94. The molecule has 0 spiro atoms. The number of hydrogen-bond acceptors (Lipinski definition) is 14. The Hall–Kier alpha value is -4.17. The van der Waals surface area contributed by atoms with Gasteiger partial charge in [0.15, 0.2) is 10.8 Å². The standard InChI is InChI=1S/C22H28N8O10S2/c1-21(2,3)39-20(35)27-19-25-13(10-41-19)15(29-40-22(5-6-22)18(33)34)17(32)26-14-12(24-16(14)31)8-30-23-7-11(28-30)9-38-42(4,36)37/h7,10,12,14H,5-6,8-9H2,1-4H3,(H,24,31)(H,26,32)(H,33,34)(H,25,27,35)/t12-,14-/m0/s1. The van der Waals surface area contributed by atoms with Gasteiger partial charge in [0.1, 0.15) is 29.6 Å². The van der Waals surface area contributed by atoms with Crippen molar-refractivity contribution in [2.75, 3.05) is 11.6 Å². The topological polar surface area (TPSA) is 242 Å².